The van der Waals surface area contributed by atoms with E-state index in [0.717, 1.165) is 30.9 Å². The van der Waals surface area contributed by atoms with Crippen LogP contribution in [0.25, 0.3) is 0 Å². The van der Waals surface area contributed by atoms with Gasteiger partial charge in [-0.15, -0.1) is 10.2 Å². The van der Waals surface area contributed by atoms with Gasteiger partial charge in [-0.3, -0.25) is 4.79 Å². The molecule has 1 N–H and O–H groups in total. The van der Waals surface area contributed by atoms with E-state index in [0.29, 0.717) is 11.7 Å². The van der Waals surface area contributed by atoms with Gasteiger partial charge in [-0.05, 0) is 25.0 Å². The highest BCUT2D eigenvalue weighted by Crippen LogP contribution is 2.24. The summed E-state index contributed by atoms with van der Waals surface area (Å²) in [6.45, 7) is 2.21. The molecule has 1 fully saturated rings. The predicted molar refractivity (Wildman–Crippen MR) is 90.6 cm³/mol. The van der Waals surface area contributed by atoms with Gasteiger partial charge in [0.25, 0.3) is 0 Å². The smallest absolute Gasteiger partial charge is 0.229 e. The van der Waals surface area contributed by atoms with Crippen LogP contribution in [0.2, 0.25) is 0 Å². The predicted octanol–water partition coefficient (Wildman–Crippen LogP) is 2.54. The average Bonchev–Trinajstić information content (AvgIpc) is 3.03. The average molecular weight is 332 g/mol. The minimum absolute atomic E-state index is 0.0322. The molecule has 2 aromatic rings. The second kappa shape index (κ2) is 7.52. The Morgan fingerprint density at radius 2 is 2.04 bits per heavy atom. The number of para-hydroxylation sites is 1. The topological polar surface area (TPSA) is 67.4 Å². The lowest BCUT2D eigenvalue weighted by Gasteiger charge is -2.32. The number of methoxy groups -OCH3 is 1. The molecule has 0 spiro atoms. The monoisotopic (exact) mass is 332 g/mol. The van der Waals surface area contributed by atoms with E-state index in [1.165, 1.54) is 17.0 Å². The van der Waals surface area contributed by atoms with Crippen LogP contribution in [-0.4, -0.2) is 36.3 Å². The van der Waals surface area contributed by atoms with Crippen molar-refractivity contribution in [1.82, 2.24) is 10.2 Å². The third-order valence-electron chi connectivity index (χ3n) is 3.95. The Labute approximate surface area is 139 Å². The molecule has 0 radical (unpaired) electrons. The molecule has 1 aromatic carbocycles. The number of ether oxygens (including phenoxy) is 1. The summed E-state index contributed by atoms with van der Waals surface area (Å²) in [5, 5.41) is 12.1. The number of anilines is 2. The number of nitrogens with zero attached hydrogens (tertiary/aromatic N) is 3. The Bertz CT molecular complexity index is 639. The molecule has 6 nitrogen and oxygen atoms in total. The van der Waals surface area contributed by atoms with Crippen LogP contribution in [0.15, 0.2) is 30.3 Å². The molecule has 2 heterocycles. The highest BCUT2D eigenvalue weighted by Gasteiger charge is 2.25. The van der Waals surface area contributed by atoms with Crippen LogP contribution < -0.4 is 10.2 Å². The maximum Gasteiger partial charge on any atom is 0.229 e. The molecule has 1 aromatic heterocycles. The molecule has 122 valence electrons. The van der Waals surface area contributed by atoms with Gasteiger partial charge in [-0.2, -0.15) is 0 Å². The fraction of sp³-hybridized carbons (Fsp3) is 0.438. The maximum atomic E-state index is 12.4. The summed E-state index contributed by atoms with van der Waals surface area (Å²) in [5.74, 6) is 0.0718. The van der Waals surface area contributed by atoms with Crippen molar-refractivity contribution in [2.75, 3.05) is 30.4 Å². The summed E-state index contributed by atoms with van der Waals surface area (Å²) < 4.78 is 5.01. The summed E-state index contributed by atoms with van der Waals surface area (Å²) in [5.41, 5.74) is 1.22. The van der Waals surface area contributed by atoms with Crippen molar-refractivity contribution >= 4 is 28.1 Å². The molecule has 7 heteroatoms. The third kappa shape index (κ3) is 4.05. The van der Waals surface area contributed by atoms with Crippen molar-refractivity contribution in [3.63, 3.8) is 0 Å². The molecule has 1 aliphatic rings. The first-order valence-electron chi connectivity index (χ1n) is 7.68. The number of nitrogens with one attached hydrogen (secondary N) is 1. The van der Waals surface area contributed by atoms with Crippen molar-refractivity contribution in [2.24, 2.45) is 5.92 Å². The van der Waals surface area contributed by atoms with Gasteiger partial charge in [0.05, 0.1) is 0 Å². The lowest BCUT2D eigenvalue weighted by molar-refractivity contribution is -0.120. The molecule has 3 rings (SSSR count). The van der Waals surface area contributed by atoms with Crippen LogP contribution in [0.4, 0.5) is 10.8 Å². The standard InChI is InChI=1S/C16H20N4O2S/c1-22-11-14-18-19-16(23-14)17-15(21)12-7-9-20(10-8-12)13-5-3-2-4-6-13/h2-6,12H,7-11H2,1H3,(H,17,19,21). The van der Waals surface area contributed by atoms with Crippen LogP contribution in [0.5, 0.6) is 0 Å². The number of hydrogen-bond donors (Lipinski definition) is 1. The Hall–Kier alpha value is -1.99. The quantitative estimate of drug-likeness (QED) is 0.911. The second-order valence-electron chi connectivity index (χ2n) is 5.52. The van der Waals surface area contributed by atoms with Gasteiger partial charge in [-0.1, -0.05) is 29.5 Å². The van der Waals surface area contributed by atoms with Gasteiger partial charge in [0, 0.05) is 31.8 Å². The number of amides is 1. The van der Waals surface area contributed by atoms with Crippen LogP contribution in [0.3, 0.4) is 0 Å². The van der Waals surface area contributed by atoms with E-state index >= 15 is 0 Å². The first-order chi connectivity index (χ1) is 11.3. The van der Waals surface area contributed by atoms with Gasteiger partial charge >= 0.3 is 0 Å². The van der Waals surface area contributed by atoms with Gasteiger partial charge < -0.3 is 15.0 Å². The lowest BCUT2D eigenvalue weighted by atomic mass is 9.95. The maximum absolute atomic E-state index is 12.4. The normalized spacial score (nSPS) is 15.6. The van der Waals surface area contributed by atoms with Gasteiger partial charge in [0.2, 0.25) is 11.0 Å². The first kappa shape index (κ1) is 15.9. The van der Waals surface area contributed by atoms with Crippen LogP contribution in [-0.2, 0) is 16.1 Å². The molecule has 1 amide bonds. The van der Waals surface area contributed by atoms with Gasteiger partial charge in [0.1, 0.15) is 11.6 Å². The van der Waals surface area contributed by atoms with Gasteiger partial charge in [-0.25, -0.2) is 0 Å². The number of carbonyl (C=O) groups is 1. The van der Waals surface area contributed by atoms with Crippen molar-refractivity contribution in [3.8, 4) is 0 Å². The zero-order valence-electron chi connectivity index (χ0n) is 13.1. The van der Waals surface area contributed by atoms with E-state index in [4.69, 9.17) is 4.74 Å². The highest BCUT2D eigenvalue weighted by atomic mass is 32.1. The number of piperidine rings is 1. The summed E-state index contributed by atoms with van der Waals surface area (Å²) >= 11 is 1.36. The molecule has 23 heavy (non-hydrogen) atoms. The Kier molecular flexibility index (Phi) is 5.19. The van der Waals surface area contributed by atoms with Crippen LogP contribution in [0.1, 0.15) is 17.8 Å². The Balaban J connectivity index is 1.51. The zero-order valence-corrected chi connectivity index (χ0v) is 13.9. The van der Waals surface area contributed by atoms with E-state index in [-0.39, 0.29) is 11.8 Å². The SMILES string of the molecule is COCc1nnc(NC(=O)C2CCN(c3ccccc3)CC2)s1. The number of aromatic nitrogens is 2. The minimum Gasteiger partial charge on any atom is -0.377 e. The Morgan fingerprint density at radius 1 is 1.30 bits per heavy atom. The largest absolute Gasteiger partial charge is 0.377 e. The third-order valence-corrected chi connectivity index (χ3v) is 4.76. The van der Waals surface area contributed by atoms with Crippen molar-refractivity contribution in [3.05, 3.63) is 35.3 Å². The molecule has 1 saturated heterocycles. The summed E-state index contributed by atoms with van der Waals surface area (Å²) in [6, 6.07) is 10.3. The van der Waals surface area contributed by atoms with Crippen LogP contribution in [0, 0.1) is 5.92 Å². The fourth-order valence-electron chi connectivity index (χ4n) is 2.73. The molecular weight excluding hydrogens is 312 g/mol. The molecule has 0 aliphatic carbocycles. The van der Waals surface area contributed by atoms with Crippen molar-refractivity contribution < 1.29 is 9.53 Å². The minimum atomic E-state index is 0.0322. The van der Waals surface area contributed by atoms with E-state index in [1.54, 1.807) is 7.11 Å². The first-order valence-corrected chi connectivity index (χ1v) is 8.50. The van der Waals surface area contributed by atoms with E-state index < -0.39 is 0 Å². The van der Waals surface area contributed by atoms with Crippen molar-refractivity contribution in [1.29, 1.82) is 0 Å². The fourth-order valence-corrected chi connectivity index (χ4v) is 3.45. The zero-order chi connectivity index (χ0) is 16.1. The summed E-state index contributed by atoms with van der Waals surface area (Å²) in [7, 11) is 1.61. The highest BCUT2D eigenvalue weighted by molar-refractivity contribution is 7.15. The number of carbonyl (C=O) groups excluding carboxylic acids is 1. The van der Waals surface area contributed by atoms with E-state index in [2.05, 4.69) is 32.5 Å². The molecule has 0 unspecified atom stereocenters. The number of benzene rings is 1. The van der Waals surface area contributed by atoms with E-state index in [1.807, 2.05) is 18.2 Å². The molecule has 0 bridgehead atoms. The van der Waals surface area contributed by atoms with E-state index in [9.17, 15) is 4.79 Å². The molecular formula is C16H20N4O2S. The lowest BCUT2D eigenvalue weighted by Crippen LogP contribution is -2.38. The summed E-state index contributed by atoms with van der Waals surface area (Å²) in [6.07, 6.45) is 1.70. The van der Waals surface area contributed by atoms with Gasteiger partial charge in [0.15, 0.2) is 0 Å². The van der Waals surface area contributed by atoms with Crippen LogP contribution >= 0.6 is 11.3 Å². The van der Waals surface area contributed by atoms with Crippen molar-refractivity contribution in [2.45, 2.75) is 19.4 Å². The Morgan fingerprint density at radius 3 is 2.74 bits per heavy atom. The number of hydrogen-bond acceptors (Lipinski definition) is 6. The molecule has 0 saturated carbocycles. The number of rotatable bonds is 5. The second-order valence-corrected chi connectivity index (χ2v) is 6.58. The molecule has 0 atom stereocenters. The summed E-state index contributed by atoms with van der Waals surface area (Å²) in [4.78, 5) is 14.7. The molecule has 1 aliphatic heterocycles.